The van der Waals surface area contributed by atoms with E-state index in [1.54, 1.807) is 49.4 Å². The quantitative estimate of drug-likeness (QED) is 0.236. The maximum Gasteiger partial charge on any atom is 0.269 e. The zero-order chi connectivity index (χ0) is 30.2. The number of nitrogens with one attached hydrogen (secondary N) is 1. The van der Waals surface area contributed by atoms with Gasteiger partial charge in [-0.25, -0.2) is 8.42 Å². The first-order chi connectivity index (χ1) is 19.5. The average Bonchev–Trinajstić information content (AvgIpc) is 2.98. The fraction of sp³-hybridized carbons (Fsp3) is 0.310. The predicted molar refractivity (Wildman–Crippen MR) is 155 cm³/mol. The highest BCUT2D eigenvalue weighted by Crippen LogP contribution is 2.26. The molecule has 1 N–H and O–H groups in total. The van der Waals surface area contributed by atoms with Crippen molar-refractivity contribution in [3.63, 3.8) is 0 Å². The van der Waals surface area contributed by atoms with Crippen LogP contribution in [0.4, 0.5) is 11.4 Å². The fourth-order valence-electron chi connectivity index (χ4n) is 4.00. The van der Waals surface area contributed by atoms with Gasteiger partial charge >= 0.3 is 0 Å². The van der Waals surface area contributed by atoms with Gasteiger partial charge in [0.15, 0.2) is 0 Å². The van der Waals surface area contributed by atoms with Crippen LogP contribution in [0.1, 0.15) is 32.8 Å². The van der Waals surface area contributed by atoms with Crippen LogP contribution in [0.5, 0.6) is 5.75 Å². The molecule has 3 rings (SSSR count). The normalized spacial score (nSPS) is 12.6. The second-order valence-corrected chi connectivity index (χ2v) is 11.3. The van der Waals surface area contributed by atoms with E-state index in [4.69, 9.17) is 4.74 Å². The van der Waals surface area contributed by atoms with Gasteiger partial charge in [-0.2, -0.15) is 0 Å². The Morgan fingerprint density at radius 3 is 2.24 bits per heavy atom. The number of sulfonamides is 1. The molecule has 0 fully saturated rings. The summed E-state index contributed by atoms with van der Waals surface area (Å²) in [5, 5.41) is 14.1. The van der Waals surface area contributed by atoms with Crippen LogP contribution in [-0.2, 0) is 26.2 Å². The van der Waals surface area contributed by atoms with Gasteiger partial charge in [-0.3, -0.25) is 24.0 Å². The van der Waals surface area contributed by atoms with Crippen molar-refractivity contribution >= 4 is 33.2 Å². The first kappa shape index (κ1) is 31.1. The van der Waals surface area contributed by atoms with E-state index in [1.807, 2.05) is 13.8 Å². The summed E-state index contributed by atoms with van der Waals surface area (Å²) in [6.07, 6.45) is 0.686. The van der Waals surface area contributed by atoms with E-state index in [2.05, 4.69) is 5.32 Å². The van der Waals surface area contributed by atoms with Gasteiger partial charge in [0, 0.05) is 24.7 Å². The lowest BCUT2D eigenvalue weighted by Gasteiger charge is -2.32. The molecule has 0 unspecified atom stereocenters. The number of ether oxygens (including phenoxy) is 1. The number of rotatable bonds is 13. The third-order valence-electron chi connectivity index (χ3n) is 6.61. The van der Waals surface area contributed by atoms with Gasteiger partial charge in [0.2, 0.25) is 11.8 Å². The minimum absolute atomic E-state index is 0.00458. The van der Waals surface area contributed by atoms with Gasteiger partial charge in [0.1, 0.15) is 18.3 Å². The molecule has 12 heteroatoms. The Kier molecular flexibility index (Phi) is 10.4. The molecule has 41 heavy (non-hydrogen) atoms. The van der Waals surface area contributed by atoms with Crippen LogP contribution in [0.3, 0.4) is 0 Å². The summed E-state index contributed by atoms with van der Waals surface area (Å²) in [5.41, 5.74) is 0.506. The van der Waals surface area contributed by atoms with E-state index in [9.17, 15) is 28.1 Å². The van der Waals surface area contributed by atoms with E-state index >= 15 is 0 Å². The van der Waals surface area contributed by atoms with Gasteiger partial charge in [-0.1, -0.05) is 37.3 Å². The lowest BCUT2D eigenvalue weighted by atomic mass is 10.1. The molecule has 3 aromatic carbocycles. The minimum atomic E-state index is -4.27. The predicted octanol–water partition coefficient (Wildman–Crippen LogP) is 4.13. The van der Waals surface area contributed by atoms with E-state index in [0.29, 0.717) is 17.7 Å². The van der Waals surface area contributed by atoms with Crippen molar-refractivity contribution in [2.75, 3.05) is 18.0 Å². The van der Waals surface area contributed by atoms with Crippen LogP contribution >= 0.6 is 0 Å². The Morgan fingerprint density at radius 1 is 1.00 bits per heavy atom. The molecular weight excluding hydrogens is 548 g/mol. The molecular formula is C29H34N4O7S. The second-order valence-electron chi connectivity index (χ2n) is 9.47. The highest BCUT2D eigenvalue weighted by molar-refractivity contribution is 7.92. The van der Waals surface area contributed by atoms with Gasteiger partial charge < -0.3 is 15.0 Å². The molecule has 0 spiro atoms. The average molecular weight is 583 g/mol. The zero-order valence-electron chi connectivity index (χ0n) is 23.4. The molecule has 0 aromatic heterocycles. The Bertz CT molecular complexity index is 1460. The number of carbonyl (C=O) groups excluding carboxylic acids is 2. The first-order valence-corrected chi connectivity index (χ1v) is 14.5. The van der Waals surface area contributed by atoms with Crippen molar-refractivity contribution < 1.29 is 27.7 Å². The number of benzene rings is 3. The van der Waals surface area contributed by atoms with Crippen molar-refractivity contribution in [3.05, 3.63) is 94.5 Å². The summed E-state index contributed by atoms with van der Waals surface area (Å²) in [6.45, 7) is 4.70. The Labute approximate surface area is 239 Å². The van der Waals surface area contributed by atoms with Crippen LogP contribution in [0, 0.1) is 10.1 Å². The van der Waals surface area contributed by atoms with E-state index < -0.39 is 33.4 Å². The Balaban J connectivity index is 2.04. The number of amides is 2. The van der Waals surface area contributed by atoms with Crippen molar-refractivity contribution in [3.8, 4) is 5.75 Å². The summed E-state index contributed by atoms with van der Waals surface area (Å²) in [7, 11) is -2.76. The number of hydrogen-bond acceptors (Lipinski definition) is 7. The lowest BCUT2D eigenvalue weighted by molar-refractivity contribution is -0.384. The molecule has 0 heterocycles. The maximum absolute atomic E-state index is 13.9. The largest absolute Gasteiger partial charge is 0.497 e. The molecule has 2 atom stereocenters. The Morgan fingerprint density at radius 2 is 1.66 bits per heavy atom. The summed E-state index contributed by atoms with van der Waals surface area (Å²) >= 11 is 0. The lowest BCUT2D eigenvalue weighted by Crippen LogP contribution is -2.52. The number of methoxy groups -OCH3 is 1. The van der Waals surface area contributed by atoms with Crippen molar-refractivity contribution in [1.82, 2.24) is 10.2 Å². The smallest absolute Gasteiger partial charge is 0.269 e. The number of carbonyl (C=O) groups is 2. The van der Waals surface area contributed by atoms with E-state index in [-0.39, 0.29) is 34.8 Å². The number of anilines is 1. The molecule has 2 amide bonds. The third kappa shape index (κ3) is 7.82. The molecule has 0 aliphatic heterocycles. The van der Waals surface area contributed by atoms with Gasteiger partial charge in [-0.15, -0.1) is 0 Å². The van der Waals surface area contributed by atoms with Crippen LogP contribution in [0.25, 0.3) is 0 Å². The van der Waals surface area contributed by atoms with E-state index in [1.165, 1.54) is 48.4 Å². The van der Waals surface area contributed by atoms with Crippen molar-refractivity contribution in [2.45, 2.75) is 50.7 Å². The van der Waals surface area contributed by atoms with Crippen molar-refractivity contribution in [1.29, 1.82) is 0 Å². The highest BCUT2D eigenvalue weighted by atomic mass is 32.2. The molecule has 0 aliphatic carbocycles. The summed E-state index contributed by atoms with van der Waals surface area (Å²) in [5.74, 6) is -0.466. The van der Waals surface area contributed by atoms with Crippen LogP contribution in [0.15, 0.2) is 83.8 Å². The highest BCUT2D eigenvalue weighted by Gasteiger charge is 2.33. The number of nitrogens with zero attached hydrogens (tertiary/aromatic N) is 3. The number of hydrogen-bond donors (Lipinski definition) is 1. The number of nitro benzene ring substituents is 1. The molecule has 3 aromatic rings. The first-order valence-electron chi connectivity index (χ1n) is 13.0. The summed E-state index contributed by atoms with van der Waals surface area (Å²) < 4.78 is 33.7. The maximum atomic E-state index is 13.9. The standard InChI is InChI=1S/C29H34N4O7S/c1-5-21(2)30-29(35)22(3)31(19-23-10-9-11-26(18-23)40-4)28(34)20-32(24-14-16-25(17-15-24)33(36)37)41(38,39)27-12-7-6-8-13-27/h6-18,21-22H,5,19-20H2,1-4H3,(H,30,35)/t21-,22-/m0/s1. The molecule has 0 saturated heterocycles. The van der Waals surface area contributed by atoms with Gasteiger partial charge in [0.25, 0.3) is 15.7 Å². The van der Waals surface area contributed by atoms with Gasteiger partial charge in [-0.05, 0) is 62.2 Å². The molecule has 0 bridgehead atoms. The monoisotopic (exact) mass is 582 g/mol. The molecule has 218 valence electrons. The van der Waals surface area contributed by atoms with Crippen LogP contribution < -0.4 is 14.4 Å². The summed E-state index contributed by atoms with van der Waals surface area (Å²) in [6, 6.07) is 18.4. The minimum Gasteiger partial charge on any atom is -0.497 e. The topological polar surface area (TPSA) is 139 Å². The Hall–Kier alpha value is -4.45. The molecule has 0 radical (unpaired) electrons. The van der Waals surface area contributed by atoms with Crippen LogP contribution in [0.2, 0.25) is 0 Å². The fourth-order valence-corrected chi connectivity index (χ4v) is 5.44. The number of non-ortho nitro benzene ring substituents is 1. The molecule has 11 nitrogen and oxygen atoms in total. The molecule has 0 aliphatic rings. The van der Waals surface area contributed by atoms with Crippen molar-refractivity contribution in [2.24, 2.45) is 0 Å². The van der Waals surface area contributed by atoms with Gasteiger partial charge in [0.05, 0.1) is 22.6 Å². The van der Waals surface area contributed by atoms with E-state index in [0.717, 1.165) is 4.31 Å². The summed E-state index contributed by atoms with van der Waals surface area (Å²) in [4.78, 5) is 38.9. The molecule has 0 saturated carbocycles. The van der Waals surface area contributed by atoms with Crippen LogP contribution in [-0.4, -0.2) is 55.8 Å². The SMILES string of the molecule is CC[C@H](C)NC(=O)[C@H](C)N(Cc1cccc(OC)c1)C(=O)CN(c1ccc([N+](=O)[O-])cc1)S(=O)(=O)c1ccccc1. The third-order valence-corrected chi connectivity index (χ3v) is 8.40. The second kappa shape index (κ2) is 13.8. The zero-order valence-corrected chi connectivity index (χ0v) is 24.2. The number of nitro groups is 1.